The lowest BCUT2D eigenvalue weighted by Crippen LogP contribution is -2.30. The van der Waals surface area contributed by atoms with Gasteiger partial charge in [0.25, 0.3) is 0 Å². The van der Waals surface area contributed by atoms with Crippen molar-refractivity contribution in [3.8, 4) is 0 Å². The Hall–Kier alpha value is -1.32. The fourth-order valence-electron chi connectivity index (χ4n) is 2.82. The SMILES string of the molecule is CCn1cc(C(=O)C2CCCN2)c2ccc(Cl)cc21. The Morgan fingerprint density at radius 1 is 1.53 bits per heavy atom. The summed E-state index contributed by atoms with van der Waals surface area (Å²) in [6.45, 7) is 3.85. The molecule has 2 aromatic rings. The molecule has 0 saturated carbocycles. The van der Waals surface area contributed by atoms with E-state index in [1.807, 2.05) is 24.4 Å². The van der Waals surface area contributed by atoms with Gasteiger partial charge in [-0.05, 0) is 38.4 Å². The molecule has 4 heteroatoms. The molecule has 1 aromatic carbocycles. The van der Waals surface area contributed by atoms with Crippen LogP contribution in [0, 0.1) is 0 Å². The van der Waals surface area contributed by atoms with Crippen molar-refractivity contribution >= 4 is 28.3 Å². The third kappa shape index (κ3) is 2.17. The van der Waals surface area contributed by atoms with E-state index in [-0.39, 0.29) is 11.8 Å². The van der Waals surface area contributed by atoms with Gasteiger partial charge in [0.2, 0.25) is 0 Å². The molecular weight excluding hydrogens is 260 g/mol. The second-order valence-electron chi connectivity index (χ2n) is 5.00. The normalized spacial score (nSPS) is 19.2. The molecular formula is C15H17ClN2O. The van der Waals surface area contributed by atoms with Crippen molar-refractivity contribution in [2.45, 2.75) is 32.4 Å². The molecule has 0 spiro atoms. The molecule has 100 valence electrons. The number of Topliss-reactive ketones (excluding diaryl/α,β-unsaturated/α-hetero) is 1. The van der Waals surface area contributed by atoms with E-state index in [9.17, 15) is 4.79 Å². The number of rotatable bonds is 3. The number of nitrogens with one attached hydrogen (secondary N) is 1. The largest absolute Gasteiger partial charge is 0.347 e. The van der Waals surface area contributed by atoms with Gasteiger partial charge in [0.1, 0.15) is 0 Å². The topological polar surface area (TPSA) is 34.0 Å². The predicted molar refractivity (Wildman–Crippen MR) is 78.0 cm³/mol. The quantitative estimate of drug-likeness (QED) is 0.873. The van der Waals surface area contributed by atoms with Gasteiger partial charge in [-0.25, -0.2) is 0 Å². The van der Waals surface area contributed by atoms with Crippen molar-refractivity contribution in [1.82, 2.24) is 9.88 Å². The van der Waals surface area contributed by atoms with Crippen LogP contribution in [0.3, 0.4) is 0 Å². The van der Waals surface area contributed by atoms with Gasteiger partial charge in [-0.15, -0.1) is 0 Å². The number of carbonyl (C=O) groups excluding carboxylic acids is 1. The Balaban J connectivity index is 2.10. The number of halogens is 1. The summed E-state index contributed by atoms with van der Waals surface area (Å²) < 4.78 is 2.09. The van der Waals surface area contributed by atoms with E-state index in [0.29, 0.717) is 5.02 Å². The molecule has 3 rings (SSSR count). The number of fused-ring (bicyclic) bond motifs is 1. The van der Waals surface area contributed by atoms with E-state index >= 15 is 0 Å². The minimum atomic E-state index is -0.0217. The molecule has 1 aliphatic heterocycles. The summed E-state index contributed by atoms with van der Waals surface area (Å²) in [7, 11) is 0. The van der Waals surface area contributed by atoms with Crippen LogP contribution in [0.4, 0.5) is 0 Å². The summed E-state index contributed by atoms with van der Waals surface area (Å²) >= 11 is 6.05. The van der Waals surface area contributed by atoms with E-state index in [4.69, 9.17) is 11.6 Å². The lowest BCUT2D eigenvalue weighted by atomic mass is 10.0. The van der Waals surface area contributed by atoms with Crippen LogP contribution in [0.1, 0.15) is 30.1 Å². The number of aryl methyl sites for hydroxylation is 1. The Bertz CT molecular complexity index is 626. The maximum absolute atomic E-state index is 12.6. The van der Waals surface area contributed by atoms with Crippen molar-refractivity contribution in [1.29, 1.82) is 0 Å². The van der Waals surface area contributed by atoms with Gasteiger partial charge in [-0.2, -0.15) is 0 Å². The highest BCUT2D eigenvalue weighted by Gasteiger charge is 2.25. The van der Waals surface area contributed by atoms with E-state index in [1.165, 1.54) is 0 Å². The zero-order chi connectivity index (χ0) is 13.4. The van der Waals surface area contributed by atoms with Crippen LogP contribution in [0.5, 0.6) is 0 Å². The second kappa shape index (κ2) is 4.99. The van der Waals surface area contributed by atoms with Crippen LogP contribution < -0.4 is 5.32 Å². The summed E-state index contributed by atoms with van der Waals surface area (Å²) in [6.07, 6.45) is 3.98. The minimum Gasteiger partial charge on any atom is -0.347 e. The van der Waals surface area contributed by atoms with Crippen LogP contribution in [0.25, 0.3) is 10.9 Å². The van der Waals surface area contributed by atoms with Crippen LogP contribution in [0.15, 0.2) is 24.4 Å². The monoisotopic (exact) mass is 276 g/mol. The first kappa shape index (κ1) is 12.7. The number of benzene rings is 1. The molecule has 1 N–H and O–H groups in total. The molecule has 0 amide bonds. The highest BCUT2D eigenvalue weighted by Crippen LogP contribution is 2.27. The predicted octanol–water partition coefficient (Wildman–Crippen LogP) is 3.25. The maximum atomic E-state index is 12.6. The minimum absolute atomic E-state index is 0.0217. The first-order valence-electron chi connectivity index (χ1n) is 6.76. The molecule has 19 heavy (non-hydrogen) atoms. The zero-order valence-corrected chi connectivity index (χ0v) is 11.7. The summed E-state index contributed by atoms with van der Waals surface area (Å²) in [5.74, 6) is 0.206. The summed E-state index contributed by atoms with van der Waals surface area (Å²) in [4.78, 5) is 12.6. The van der Waals surface area contributed by atoms with Crippen LogP contribution in [0.2, 0.25) is 5.02 Å². The molecule has 1 aliphatic rings. The fraction of sp³-hybridized carbons (Fsp3) is 0.400. The Kier molecular flexibility index (Phi) is 3.33. The van der Waals surface area contributed by atoms with Crippen molar-refractivity contribution in [3.63, 3.8) is 0 Å². The van der Waals surface area contributed by atoms with Gasteiger partial charge in [0.15, 0.2) is 5.78 Å². The summed E-state index contributed by atoms with van der Waals surface area (Å²) in [6, 6.07) is 5.71. The average Bonchev–Trinajstić information content (AvgIpc) is 3.05. The Labute approximate surface area is 117 Å². The fourth-order valence-corrected chi connectivity index (χ4v) is 2.99. The average molecular weight is 277 g/mol. The molecule has 0 bridgehead atoms. The number of carbonyl (C=O) groups is 1. The summed E-state index contributed by atoms with van der Waals surface area (Å²) in [5, 5.41) is 4.98. The first-order valence-corrected chi connectivity index (χ1v) is 7.14. The van der Waals surface area contributed by atoms with Crippen LogP contribution in [-0.4, -0.2) is 22.9 Å². The zero-order valence-electron chi connectivity index (χ0n) is 10.9. The van der Waals surface area contributed by atoms with Gasteiger partial charge in [0, 0.05) is 28.7 Å². The summed E-state index contributed by atoms with van der Waals surface area (Å²) in [5.41, 5.74) is 1.85. The van der Waals surface area contributed by atoms with Gasteiger partial charge < -0.3 is 9.88 Å². The van der Waals surface area contributed by atoms with E-state index < -0.39 is 0 Å². The smallest absolute Gasteiger partial charge is 0.181 e. The number of hydrogen-bond acceptors (Lipinski definition) is 2. The first-order chi connectivity index (χ1) is 9.20. The van der Waals surface area contributed by atoms with E-state index in [0.717, 1.165) is 42.4 Å². The van der Waals surface area contributed by atoms with Crippen molar-refractivity contribution in [3.05, 3.63) is 35.0 Å². The van der Waals surface area contributed by atoms with Crippen molar-refractivity contribution < 1.29 is 4.79 Å². The molecule has 1 fully saturated rings. The Morgan fingerprint density at radius 3 is 3.05 bits per heavy atom. The Morgan fingerprint density at radius 2 is 2.37 bits per heavy atom. The van der Waals surface area contributed by atoms with Crippen molar-refractivity contribution in [2.24, 2.45) is 0 Å². The van der Waals surface area contributed by atoms with Gasteiger partial charge >= 0.3 is 0 Å². The highest BCUT2D eigenvalue weighted by atomic mass is 35.5. The number of aromatic nitrogens is 1. The third-order valence-corrected chi connectivity index (χ3v) is 4.06. The van der Waals surface area contributed by atoms with Gasteiger partial charge in [-0.3, -0.25) is 4.79 Å². The van der Waals surface area contributed by atoms with Gasteiger partial charge in [-0.1, -0.05) is 17.7 Å². The molecule has 3 nitrogen and oxygen atoms in total. The number of ketones is 1. The van der Waals surface area contributed by atoms with Crippen LogP contribution >= 0.6 is 11.6 Å². The van der Waals surface area contributed by atoms with Gasteiger partial charge in [0.05, 0.1) is 11.6 Å². The lowest BCUT2D eigenvalue weighted by molar-refractivity contribution is 0.0954. The number of hydrogen-bond donors (Lipinski definition) is 1. The third-order valence-electron chi connectivity index (χ3n) is 3.83. The molecule has 0 radical (unpaired) electrons. The highest BCUT2D eigenvalue weighted by molar-refractivity contribution is 6.31. The number of nitrogens with zero attached hydrogens (tertiary/aromatic N) is 1. The molecule has 1 unspecified atom stereocenters. The second-order valence-corrected chi connectivity index (χ2v) is 5.44. The molecule has 1 aromatic heterocycles. The standard InChI is InChI=1S/C15H17ClN2O/c1-2-18-9-12(15(19)13-4-3-7-17-13)11-6-5-10(16)8-14(11)18/h5-6,8-9,13,17H,2-4,7H2,1H3. The van der Waals surface area contributed by atoms with Crippen LogP contribution in [-0.2, 0) is 6.54 Å². The molecule has 1 saturated heterocycles. The maximum Gasteiger partial charge on any atom is 0.181 e. The molecule has 0 aliphatic carbocycles. The lowest BCUT2D eigenvalue weighted by Gasteiger charge is -2.07. The van der Waals surface area contributed by atoms with Crippen molar-refractivity contribution in [2.75, 3.05) is 6.54 Å². The van der Waals surface area contributed by atoms with E-state index in [1.54, 1.807) is 0 Å². The molecule has 1 atom stereocenters. The van der Waals surface area contributed by atoms with E-state index in [2.05, 4.69) is 16.8 Å². The molecule has 2 heterocycles.